The smallest absolute Gasteiger partial charge is 0.338 e. The number of fused-ring (bicyclic) bond motifs is 1. The van der Waals surface area contributed by atoms with E-state index in [9.17, 15) is 9.59 Å². The highest BCUT2D eigenvalue weighted by Crippen LogP contribution is 2.26. The Bertz CT molecular complexity index is 804. The summed E-state index contributed by atoms with van der Waals surface area (Å²) in [5.41, 5.74) is 2.60. The van der Waals surface area contributed by atoms with Gasteiger partial charge in [0.15, 0.2) is 0 Å². The van der Waals surface area contributed by atoms with Crippen LogP contribution in [0.2, 0.25) is 0 Å². The highest BCUT2D eigenvalue weighted by molar-refractivity contribution is 7.98. The maximum absolute atomic E-state index is 12.0. The molecule has 0 spiro atoms. The van der Waals surface area contributed by atoms with E-state index in [1.54, 1.807) is 30.0 Å². The molecule has 7 heteroatoms. The van der Waals surface area contributed by atoms with Crippen molar-refractivity contribution < 1.29 is 9.53 Å². The fraction of sp³-hybridized carbons (Fsp3) is 0.353. The van der Waals surface area contributed by atoms with Crippen molar-refractivity contribution in [1.29, 1.82) is 0 Å². The van der Waals surface area contributed by atoms with Crippen LogP contribution in [0.25, 0.3) is 0 Å². The zero-order valence-electron chi connectivity index (χ0n) is 13.4. The molecular weight excluding hydrogens is 326 g/mol. The zero-order chi connectivity index (χ0) is 16.9. The molecule has 1 aliphatic heterocycles. The number of ether oxygens (including phenoxy) is 1. The Labute approximate surface area is 144 Å². The summed E-state index contributed by atoms with van der Waals surface area (Å²) in [6.07, 6.45) is 1.83. The molecule has 2 N–H and O–H groups in total. The number of thioether (sulfide) groups is 1. The van der Waals surface area contributed by atoms with E-state index in [0.29, 0.717) is 29.6 Å². The van der Waals surface area contributed by atoms with Gasteiger partial charge in [-0.05, 0) is 24.6 Å². The van der Waals surface area contributed by atoms with Gasteiger partial charge >= 0.3 is 5.97 Å². The van der Waals surface area contributed by atoms with Crippen LogP contribution in [0.1, 0.15) is 41.4 Å². The molecule has 0 saturated heterocycles. The van der Waals surface area contributed by atoms with E-state index in [1.807, 2.05) is 13.0 Å². The Kier molecular flexibility index (Phi) is 5.20. The lowest BCUT2D eigenvalue weighted by Gasteiger charge is -2.09. The molecule has 0 fully saturated rings. The number of H-pyrrole nitrogens is 1. The van der Waals surface area contributed by atoms with Gasteiger partial charge in [0.05, 0.1) is 17.9 Å². The minimum absolute atomic E-state index is 0.109. The Balaban J connectivity index is 1.74. The molecule has 1 aliphatic rings. The Morgan fingerprint density at radius 2 is 2.29 bits per heavy atom. The van der Waals surface area contributed by atoms with E-state index in [-0.39, 0.29) is 11.5 Å². The SMILES string of the molecule is CCCCOC(=O)c1cccc(Nc2nc3c(c(=O)[nH]2)CSC3)c1. The van der Waals surface area contributed by atoms with Crippen LogP contribution in [-0.4, -0.2) is 22.5 Å². The lowest BCUT2D eigenvalue weighted by atomic mass is 10.2. The van der Waals surface area contributed by atoms with Crippen LogP contribution in [0.5, 0.6) is 0 Å². The number of nitrogens with zero attached hydrogens (tertiary/aromatic N) is 1. The van der Waals surface area contributed by atoms with Crippen molar-refractivity contribution >= 4 is 29.4 Å². The van der Waals surface area contributed by atoms with Crippen molar-refractivity contribution in [2.24, 2.45) is 0 Å². The second kappa shape index (κ2) is 7.53. The maximum Gasteiger partial charge on any atom is 0.338 e. The summed E-state index contributed by atoms with van der Waals surface area (Å²) in [4.78, 5) is 31.2. The van der Waals surface area contributed by atoms with Crippen molar-refractivity contribution in [2.75, 3.05) is 11.9 Å². The molecule has 24 heavy (non-hydrogen) atoms. The Hall–Kier alpha value is -2.28. The molecule has 6 nitrogen and oxygen atoms in total. The molecular formula is C17H19N3O3S. The average Bonchev–Trinajstić information content (AvgIpc) is 3.04. The van der Waals surface area contributed by atoms with Crippen LogP contribution < -0.4 is 10.9 Å². The highest BCUT2D eigenvalue weighted by atomic mass is 32.2. The van der Waals surface area contributed by atoms with Crippen molar-refractivity contribution in [3.05, 3.63) is 51.4 Å². The summed E-state index contributed by atoms with van der Waals surface area (Å²) in [6, 6.07) is 6.97. The van der Waals surface area contributed by atoms with Gasteiger partial charge in [0.2, 0.25) is 5.95 Å². The molecule has 1 aromatic carbocycles. The largest absolute Gasteiger partial charge is 0.462 e. The number of aromatic amines is 1. The Morgan fingerprint density at radius 3 is 3.12 bits per heavy atom. The molecule has 0 aliphatic carbocycles. The van der Waals surface area contributed by atoms with Gasteiger partial charge in [-0.15, -0.1) is 0 Å². The molecule has 0 unspecified atom stereocenters. The fourth-order valence-corrected chi connectivity index (χ4v) is 3.41. The number of carbonyl (C=O) groups is 1. The number of esters is 1. The number of rotatable bonds is 6. The normalized spacial score (nSPS) is 12.7. The quantitative estimate of drug-likeness (QED) is 0.618. The van der Waals surface area contributed by atoms with Crippen molar-refractivity contribution in [1.82, 2.24) is 9.97 Å². The molecule has 3 rings (SSSR count). The molecule has 126 valence electrons. The standard InChI is InChI=1S/C17H19N3O3S/c1-2-3-7-23-16(22)11-5-4-6-12(8-11)18-17-19-14-10-24-9-13(14)15(21)20-17/h4-6,8H,2-3,7,9-10H2,1H3,(H2,18,19,20,21). The van der Waals surface area contributed by atoms with Crippen LogP contribution in [0.4, 0.5) is 11.6 Å². The number of anilines is 2. The molecule has 0 radical (unpaired) electrons. The van der Waals surface area contributed by atoms with Crippen molar-refractivity contribution in [3.8, 4) is 0 Å². The lowest BCUT2D eigenvalue weighted by Crippen LogP contribution is -2.16. The highest BCUT2D eigenvalue weighted by Gasteiger charge is 2.17. The number of carbonyl (C=O) groups excluding carboxylic acids is 1. The second-order valence-corrected chi connectivity index (χ2v) is 6.51. The van der Waals surface area contributed by atoms with Crippen LogP contribution >= 0.6 is 11.8 Å². The van der Waals surface area contributed by atoms with E-state index < -0.39 is 0 Å². The number of aromatic nitrogens is 2. The third-order valence-corrected chi connectivity index (χ3v) is 4.65. The van der Waals surface area contributed by atoms with Gasteiger partial charge in [0.25, 0.3) is 5.56 Å². The van der Waals surface area contributed by atoms with Crippen LogP contribution in [-0.2, 0) is 16.2 Å². The molecule has 2 aromatic rings. The molecule has 0 bridgehead atoms. The number of nitrogens with one attached hydrogen (secondary N) is 2. The summed E-state index contributed by atoms with van der Waals surface area (Å²) in [5, 5.41) is 3.05. The van der Waals surface area contributed by atoms with Gasteiger partial charge in [0, 0.05) is 22.8 Å². The van der Waals surface area contributed by atoms with Crippen LogP contribution in [0.3, 0.4) is 0 Å². The second-order valence-electron chi connectivity index (χ2n) is 5.53. The Morgan fingerprint density at radius 1 is 1.42 bits per heavy atom. The first-order valence-corrected chi connectivity index (χ1v) is 9.07. The molecule has 0 amide bonds. The van der Waals surface area contributed by atoms with E-state index in [2.05, 4.69) is 15.3 Å². The summed E-state index contributed by atoms with van der Waals surface area (Å²) in [7, 11) is 0. The van der Waals surface area contributed by atoms with Crippen molar-refractivity contribution in [2.45, 2.75) is 31.3 Å². The molecule has 2 heterocycles. The van der Waals surface area contributed by atoms with Gasteiger partial charge in [-0.2, -0.15) is 11.8 Å². The molecule has 1 aromatic heterocycles. The molecule has 0 atom stereocenters. The third-order valence-electron chi connectivity index (χ3n) is 3.68. The van der Waals surface area contributed by atoms with Gasteiger partial charge in [-0.3, -0.25) is 9.78 Å². The minimum atomic E-state index is -0.348. The maximum atomic E-state index is 12.0. The van der Waals surface area contributed by atoms with E-state index >= 15 is 0 Å². The lowest BCUT2D eigenvalue weighted by molar-refractivity contribution is 0.0500. The van der Waals surface area contributed by atoms with E-state index in [1.165, 1.54) is 0 Å². The number of hydrogen-bond acceptors (Lipinski definition) is 6. The monoisotopic (exact) mass is 345 g/mol. The fourth-order valence-electron chi connectivity index (χ4n) is 2.37. The summed E-state index contributed by atoms with van der Waals surface area (Å²) in [5.74, 6) is 1.49. The number of unbranched alkanes of at least 4 members (excludes halogenated alkanes) is 1. The number of benzene rings is 1. The van der Waals surface area contributed by atoms with E-state index in [4.69, 9.17) is 4.74 Å². The topological polar surface area (TPSA) is 84.1 Å². The summed E-state index contributed by atoms with van der Waals surface area (Å²) < 4.78 is 5.21. The van der Waals surface area contributed by atoms with Crippen LogP contribution in [0.15, 0.2) is 29.1 Å². The first-order valence-electron chi connectivity index (χ1n) is 7.91. The predicted octanol–water partition coefficient (Wildman–Crippen LogP) is 3.22. The van der Waals surface area contributed by atoms with E-state index in [0.717, 1.165) is 29.9 Å². The van der Waals surface area contributed by atoms with Crippen molar-refractivity contribution in [3.63, 3.8) is 0 Å². The first kappa shape index (κ1) is 16.6. The third kappa shape index (κ3) is 3.79. The van der Waals surface area contributed by atoms with Gasteiger partial charge < -0.3 is 10.1 Å². The van der Waals surface area contributed by atoms with Gasteiger partial charge in [0.1, 0.15) is 0 Å². The van der Waals surface area contributed by atoms with Crippen LogP contribution in [0, 0.1) is 0 Å². The minimum Gasteiger partial charge on any atom is -0.462 e. The zero-order valence-corrected chi connectivity index (χ0v) is 14.2. The predicted molar refractivity (Wildman–Crippen MR) is 94.8 cm³/mol. The van der Waals surface area contributed by atoms with Gasteiger partial charge in [-0.25, -0.2) is 9.78 Å². The average molecular weight is 345 g/mol. The van der Waals surface area contributed by atoms with Gasteiger partial charge in [-0.1, -0.05) is 19.4 Å². The molecule has 0 saturated carbocycles. The summed E-state index contributed by atoms with van der Waals surface area (Å²) >= 11 is 1.68. The first-order chi connectivity index (χ1) is 11.7. The number of hydrogen-bond donors (Lipinski definition) is 2. The summed E-state index contributed by atoms with van der Waals surface area (Å²) in [6.45, 7) is 2.46.